The highest BCUT2D eigenvalue weighted by Gasteiger charge is 2.56. The van der Waals surface area contributed by atoms with E-state index >= 15 is 0 Å². The van der Waals surface area contributed by atoms with Gasteiger partial charge in [-0.05, 0) is 114 Å². The van der Waals surface area contributed by atoms with E-state index in [1.165, 1.54) is 18.1 Å². The molecule has 1 saturated heterocycles. The molecule has 7 rings (SSSR count). The van der Waals surface area contributed by atoms with Crippen molar-refractivity contribution in [2.75, 3.05) is 31.0 Å². The van der Waals surface area contributed by atoms with Gasteiger partial charge in [0.25, 0.3) is 0 Å². The fraction of sp³-hybridized carbons (Fsp3) is 0.263. The summed E-state index contributed by atoms with van der Waals surface area (Å²) in [5, 5.41) is 19.2. The molecule has 3 aromatic rings. The molecule has 0 bridgehead atoms. The van der Waals surface area contributed by atoms with E-state index in [-0.39, 0.29) is 41.3 Å². The number of methoxy groups -OCH3 is 1. The number of ketones is 2. The van der Waals surface area contributed by atoms with Gasteiger partial charge >= 0.3 is 0 Å². The van der Waals surface area contributed by atoms with Gasteiger partial charge in [0.1, 0.15) is 0 Å². The van der Waals surface area contributed by atoms with Crippen molar-refractivity contribution in [2.24, 2.45) is 28.0 Å². The van der Waals surface area contributed by atoms with E-state index in [1.54, 1.807) is 43.3 Å². The molecule has 0 saturated carbocycles. The predicted molar refractivity (Wildman–Crippen MR) is 188 cm³/mol. The molecule has 1 aliphatic heterocycles. The molecular weight excluding hydrogens is 688 g/mol. The molecule has 0 aromatic heterocycles. The molecular formula is C38H33BrN4O6. The summed E-state index contributed by atoms with van der Waals surface area (Å²) in [6.07, 6.45) is 3.79. The van der Waals surface area contributed by atoms with Crippen LogP contribution >= 0.6 is 15.9 Å². The Labute approximate surface area is 291 Å². The van der Waals surface area contributed by atoms with Crippen LogP contribution in [-0.2, 0) is 19.2 Å². The molecule has 3 aromatic carbocycles. The Balaban J connectivity index is 1.21. The van der Waals surface area contributed by atoms with E-state index < -0.39 is 23.7 Å². The van der Waals surface area contributed by atoms with E-state index in [1.807, 2.05) is 49.3 Å². The van der Waals surface area contributed by atoms with Gasteiger partial charge in [0.05, 0.1) is 40.5 Å². The lowest BCUT2D eigenvalue weighted by molar-refractivity contribution is -0.123. The summed E-state index contributed by atoms with van der Waals surface area (Å²) in [6.45, 7) is 1.62. The Morgan fingerprint density at radius 3 is 2.20 bits per heavy atom. The lowest BCUT2D eigenvalue weighted by Gasteiger charge is -2.42. The van der Waals surface area contributed by atoms with Crippen molar-refractivity contribution < 1.29 is 29.0 Å². The lowest BCUT2D eigenvalue weighted by Crippen LogP contribution is -2.39. The van der Waals surface area contributed by atoms with Crippen molar-refractivity contribution >= 4 is 62.1 Å². The highest BCUT2D eigenvalue weighted by Crippen LogP contribution is 2.56. The second-order valence-electron chi connectivity index (χ2n) is 12.9. The summed E-state index contributed by atoms with van der Waals surface area (Å²) >= 11 is 3.40. The van der Waals surface area contributed by atoms with Gasteiger partial charge in [0.15, 0.2) is 23.1 Å². The molecule has 4 atom stereocenters. The number of aromatic hydroxyl groups is 1. The number of phenolic OH excluding ortho intramolecular Hbond substituents is 1. The van der Waals surface area contributed by atoms with Crippen molar-refractivity contribution in [3.8, 4) is 11.5 Å². The number of amides is 2. The summed E-state index contributed by atoms with van der Waals surface area (Å²) < 4.78 is 5.79. The number of benzene rings is 3. The highest BCUT2D eigenvalue weighted by molar-refractivity contribution is 9.10. The van der Waals surface area contributed by atoms with E-state index in [9.17, 15) is 24.3 Å². The van der Waals surface area contributed by atoms with Crippen molar-refractivity contribution in [3.05, 3.63) is 105 Å². The Bertz CT molecular complexity index is 2060. The van der Waals surface area contributed by atoms with Crippen LogP contribution in [0, 0.1) is 17.8 Å². The van der Waals surface area contributed by atoms with Crippen LogP contribution in [0.1, 0.15) is 31.2 Å². The maximum atomic E-state index is 14.3. The number of nitrogens with zero attached hydrogens (tertiary/aromatic N) is 4. The Morgan fingerprint density at radius 1 is 0.918 bits per heavy atom. The van der Waals surface area contributed by atoms with Gasteiger partial charge in [-0.3, -0.25) is 24.1 Å². The monoisotopic (exact) mass is 720 g/mol. The average Bonchev–Trinajstić information content (AvgIpc) is 3.36. The van der Waals surface area contributed by atoms with Gasteiger partial charge in [0, 0.05) is 42.4 Å². The molecule has 248 valence electrons. The number of halogens is 1. The van der Waals surface area contributed by atoms with Crippen LogP contribution in [0.15, 0.2) is 110 Å². The van der Waals surface area contributed by atoms with Crippen molar-refractivity contribution in [2.45, 2.75) is 25.7 Å². The Hall–Kier alpha value is -5.16. The quantitative estimate of drug-likeness (QED) is 0.123. The molecule has 1 heterocycles. The molecule has 11 heteroatoms. The number of hydrogen-bond acceptors (Lipinski definition) is 9. The summed E-state index contributed by atoms with van der Waals surface area (Å²) in [5.74, 6) is -3.51. The first-order valence-electron chi connectivity index (χ1n) is 15.9. The third kappa shape index (κ3) is 5.42. The normalized spacial score (nSPS) is 23.3. The zero-order chi connectivity index (χ0) is 34.7. The highest BCUT2D eigenvalue weighted by atomic mass is 79.9. The molecule has 1 fully saturated rings. The number of fused-ring (bicyclic) bond motifs is 3. The van der Waals surface area contributed by atoms with Crippen LogP contribution in [0.25, 0.3) is 0 Å². The number of hydrogen-bond donors (Lipinski definition) is 1. The van der Waals surface area contributed by atoms with Gasteiger partial charge in [-0.25, -0.2) is 0 Å². The number of rotatable bonds is 6. The zero-order valence-corrected chi connectivity index (χ0v) is 28.9. The van der Waals surface area contributed by atoms with Crippen LogP contribution in [0.4, 0.5) is 22.7 Å². The van der Waals surface area contributed by atoms with E-state index in [0.29, 0.717) is 50.2 Å². The SMILES string of the molecule is COc1cc([C@H]2C3=CC[C@@H]4C(=O)N(c5ccc(N=Nc6ccc(N(C)C)cc6)cc5)C(=O)[C@@H]4[C@@H]3CC3=C2C(=O)C(C)=CC3=O)cc(Br)c1O. The fourth-order valence-electron chi connectivity index (χ4n) is 7.51. The standard InChI is InChI=1S/C38H33BrN4O6/c1-19-15-30(44)28-18-27-25(32(34(28)35(19)45)20-16-29(39)36(46)31(17-20)49-4)13-14-26-33(27)38(48)43(37(26)47)24-11-7-22(8-12-24)41-40-21-5-9-23(10-6-21)42(2)3/h5-13,15-17,26-27,32-33,46H,14,18H2,1-4H3/t26-,27+,32-,33-/m0/s1. The maximum absolute atomic E-state index is 14.3. The van der Waals surface area contributed by atoms with Crippen molar-refractivity contribution in [3.63, 3.8) is 0 Å². The first-order chi connectivity index (χ1) is 23.5. The number of phenols is 1. The lowest BCUT2D eigenvalue weighted by atomic mass is 9.59. The van der Waals surface area contributed by atoms with Crippen molar-refractivity contribution in [1.29, 1.82) is 0 Å². The number of imide groups is 1. The predicted octanol–water partition coefficient (Wildman–Crippen LogP) is 7.28. The Morgan fingerprint density at radius 2 is 1.57 bits per heavy atom. The summed E-state index contributed by atoms with van der Waals surface area (Å²) in [5.41, 5.74) is 5.25. The third-order valence-corrected chi connectivity index (χ3v) is 10.5. The number of Topliss-reactive ketones (excluding diaryl/α,β-unsaturated/α-hetero) is 1. The van der Waals surface area contributed by atoms with Gasteiger partial charge in [-0.2, -0.15) is 10.2 Å². The number of ether oxygens (including phenoxy) is 1. The van der Waals surface area contributed by atoms with Gasteiger partial charge in [-0.1, -0.05) is 11.6 Å². The number of allylic oxidation sites excluding steroid dienone is 6. The van der Waals surface area contributed by atoms with E-state index in [2.05, 4.69) is 26.2 Å². The minimum absolute atomic E-state index is 0.0917. The number of carbonyl (C=O) groups excluding carboxylic acids is 4. The van der Waals surface area contributed by atoms with E-state index in [0.717, 1.165) is 11.3 Å². The molecule has 4 aliphatic rings. The summed E-state index contributed by atoms with van der Waals surface area (Å²) in [4.78, 5) is 58.6. The molecule has 10 nitrogen and oxygen atoms in total. The maximum Gasteiger partial charge on any atom is 0.238 e. The molecule has 0 unspecified atom stereocenters. The molecule has 0 radical (unpaired) electrons. The van der Waals surface area contributed by atoms with Crippen LogP contribution in [0.5, 0.6) is 11.5 Å². The Kier molecular flexibility index (Phi) is 8.18. The third-order valence-electron chi connectivity index (χ3n) is 9.92. The minimum Gasteiger partial charge on any atom is -0.503 e. The number of carbonyl (C=O) groups is 4. The van der Waals surface area contributed by atoms with Crippen LogP contribution in [0.2, 0.25) is 0 Å². The summed E-state index contributed by atoms with van der Waals surface area (Å²) in [7, 11) is 5.36. The first kappa shape index (κ1) is 32.4. The average molecular weight is 722 g/mol. The smallest absolute Gasteiger partial charge is 0.238 e. The first-order valence-corrected chi connectivity index (χ1v) is 16.7. The summed E-state index contributed by atoms with van der Waals surface area (Å²) in [6, 6.07) is 17.8. The molecule has 49 heavy (non-hydrogen) atoms. The van der Waals surface area contributed by atoms with Crippen molar-refractivity contribution in [1.82, 2.24) is 0 Å². The minimum atomic E-state index is -0.717. The second kappa shape index (κ2) is 12.4. The second-order valence-corrected chi connectivity index (χ2v) is 13.8. The van der Waals surface area contributed by atoms with Crippen LogP contribution < -0.4 is 14.5 Å². The fourth-order valence-corrected chi connectivity index (χ4v) is 7.97. The zero-order valence-electron chi connectivity index (χ0n) is 27.3. The van der Waals surface area contributed by atoms with Gasteiger partial charge in [0.2, 0.25) is 11.8 Å². The molecule has 3 aliphatic carbocycles. The van der Waals surface area contributed by atoms with Crippen LogP contribution in [0.3, 0.4) is 0 Å². The molecule has 2 amide bonds. The van der Waals surface area contributed by atoms with E-state index in [4.69, 9.17) is 4.74 Å². The molecule has 0 spiro atoms. The molecule has 1 N–H and O–H groups in total. The number of azo groups is 1. The van der Waals surface area contributed by atoms with Gasteiger partial charge < -0.3 is 14.7 Å². The van der Waals surface area contributed by atoms with Gasteiger partial charge in [-0.15, -0.1) is 0 Å². The van der Waals surface area contributed by atoms with Crippen LogP contribution in [-0.4, -0.2) is 49.7 Å². The number of anilines is 2. The topological polar surface area (TPSA) is 129 Å². The largest absolute Gasteiger partial charge is 0.503 e.